The van der Waals surface area contributed by atoms with Gasteiger partial charge in [0.2, 0.25) is 5.88 Å². The summed E-state index contributed by atoms with van der Waals surface area (Å²) in [6.07, 6.45) is 1.79. The molecule has 4 heteroatoms. The van der Waals surface area contributed by atoms with Crippen LogP contribution in [0.3, 0.4) is 0 Å². The number of hydrogen-bond donors (Lipinski definition) is 0. The monoisotopic (exact) mass is 251 g/mol. The van der Waals surface area contributed by atoms with Gasteiger partial charge in [0.15, 0.2) is 0 Å². The average molecular weight is 252 g/mol. The number of ether oxygens (including phenoxy) is 2. The fourth-order valence-corrected chi connectivity index (χ4v) is 1.86. The van der Waals surface area contributed by atoms with E-state index < -0.39 is 0 Å². The molecular weight excluding hydrogens is 238 g/mol. The van der Waals surface area contributed by atoms with E-state index in [9.17, 15) is 0 Å². The van der Waals surface area contributed by atoms with Gasteiger partial charge in [-0.25, -0.2) is 4.98 Å². The molecule has 0 aliphatic carbocycles. The number of fused-ring (bicyclic) bond motifs is 1. The first-order valence-corrected chi connectivity index (χ1v) is 5.78. The first-order chi connectivity index (χ1) is 8.11. The molecule has 0 spiro atoms. The summed E-state index contributed by atoms with van der Waals surface area (Å²) in [5.41, 5.74) is 0. The molecule has 2 aromatic rings. The van der Waals surface area contributed by atoms with Gasteiger partial charge < -0.3 is 9.47 Å². The first kappa shape index (κ1) is 12.0. The zero-order valence-electron chi connectivity index (χ0n) is 10.0. The van der Waals surface area contributed by atoms with E-state index in [0.717, 1.165) is 10.8 Å². The Morgan fingerprint density at radius 2 is 2.06 bits per heavy atom. The van der Waals surface area contributed by atoms with Gasteiger partial charge in [-0.2, -0.15) is 0 Å². The number of benzene rings is 1. The molecule has 90 valence electrons. The highest BCUT2D eigenvalue weighted by Crippen LogP contribution is 2.33. The summed E-state index contributed by atoms with van der Waals surface area (Å²) < 4.78 is 10.8. The van der Waals surface area contributed by atoms with Crippen LogP contribution in [0.5, 0.6) is 11.6 Å². The van der Waals surface area contributed by atoms with Crippen molar-refractivity contribution in [2.24, 2.45) is 0 Å². The van der Waals surface area contributed by atoms with Crippen molar-refractivity contribution < 1.29 is 9.47 Å². The fraction of sp³-hybridized carbons (Fsp3) is 0.308. The molecule has 0 aliphatic heterocycles. The molecule has 0 fully saturated rings. The number of rotatable bonds is 3. The molecule has 0 aliphatic rings. The van der Waals surface area contributed by atoms with Crippen LogP contribution in [0, 0.1) is 0 Å². The third-order valence-electron chi connectivity index (χ3n) is 2.35. The van der Waals surface area contributed by atoms with Gasteiger partial charge in [-0.15, -0.1) is 0 Å². The summed E-state index contributed by atoms with van der Waals surface area (Å²) in [5.74, 6) is 1.25. The van der Waals surface area contributed by atoms with Gasteiger partial charge in [-0.3, -0.25) is 0 Å². The fourth-order valence-electron chi connectivity index (χ4n) is 1.62. The zero-order chi connectivity index (χ0) is 12.4. The van der Waals surface area contributed by atoms with E-state index in [2.05, 4.69) is 4.98 Å². The summed E-state index contributed by atoms with van der Waals surface area (Å²) >= 11 is 6.10. The predicted octanol–water partition coefficient (Wildman–Crippen LogP) is 3.68. The Kier molecular flexibility index (Phi) is 3.38. The van der Waals surface area contributed by atoms with Gasteiger partial charge in [-0.05, 0) is 37.4 Å². The third-order valence-corrected chi connectivity index (χ3v) is 2.64. The van der Waals surface area contributed by atoms with Crippen molar-refractivity contribution in [2.45, 2.75) is 20.0 Å². The number of hydrogen-bond acceptors (Lipinski definition) is 3. The minimum Gasteiger partial charge on any atom is -0.495 e. The van der Waals surface area contributed by atoms with Crippen molar-refractivity contribution in [2.75, 3.05) is 7.11 Å². The highest BCUT2D eigenvalue weighted by molar-refractivity contribution is 6.33. The van der Waals surface area contributed by atoms with Gasteiger partial charge in [0.25, 0.3) is 0 Å². The molecule has 0 unspecified atom stereocenters. The van der Waals surface area contributed by atoms with Crippen LogP contribution in [0.25, 0.3) is 10.8 Å². The van der Waals surface area contributed by atoms with Crippen LogP contribution in [-0.2, 0) is 0 Å². The van der Waals surface area contributed by atoms with Gasteiger partial charge in [0.05, 0.1) is 18.2 Å². The lowest BCUT2D eigenvalue weighted by molar-refractivity contribution is 0.236. The van der Waals surface area contributed by atoms with E-state index >= 15 is 0 Å². The summed E-state index contributed by atoms with van der Waals surface area (Å²) in [7, 11) is 1.60. The number of pyridine rings is 1. The molecular formula is C13H14ClNO2. The Morgan fingerprint density at radius 3 is 2.71 bits per heavy atom. The molecule has 0 saturated heterocycles. The normalized spacial score (nSPS) is 10.9. The Morgan fingerprint density at radius 1 is 1.29 bits per heavy atom. The van der Waals surface area contributed by atoms with Gasteiger partial charge in [0, 0.05) is 11.6 Å². The first-order valence-electron chi connectivity index (χ1n) is 5.40. The lowest BCUT2D eigenvalue weighted by Crippen LogP contribution is -2.07. The van der Waals surface area contributed by atoms with Gasteiger partial charge in [0.1, 0.15) is 5.75 Å². The Bertz CT molecular complexity index is 540. The number of nitrogens with zero attached hydrogens (tertiary/aromatic N) is 1. The second kappa shape index (κ2) is 4.80. The van der Waals surface area contributed by atoms with Crippen molar-refractivity contribution in [3.8, 4) is 11.6 Å². The van der Waals surface area contributed by atoms with Gasteiger partial charge in [-0.1, -0.05) is 11.6 Å². The molecule has 0 bridgehead atoms. The molecule has 0 N–H and O–H groups in total. The number of halogens is 1. The molecule has 1 aromatic carbocycles. The summed E-state index contributed by atoms with van der Waals surface area (Å²) in [4.78, 5) is 4.22. The second-order valence-corrected chi connectivity index (χ2v) is 4.40. The van der Waals surface area contributed by atoms with E-state index in [0.29, 0.717) is 16.7 Å². The van der Waals surface area contributed by atoms with Crippen LogP contribution in [-0.4, -0.2) is 18.2 Å². The summed E-state index contributed by atoms with van der Waals surface area (Å²) in [6, 6.07) is 5.61. The van der Waals surface area contributed by atoms with Crippen LogP contribution in [0.2, 0.25) is 5.02 Å². The minimum atomic E-state index is 0.0778. The van der Waals surface area contributed by atoms with E-state index in [-0.39, 0.29) is 6.10 Å². The zero-order valence-corrected chi connectivity index (χ0v) is 10.8. The molecule has 17 heavy (non-hydrogen) atoms. The number of methoxy groups -OCH3 is 1. The Labute approximate surface area is 105 Å². The molecule has 0 radical (unpaired) electrons. The van der Waals surface area contributed by atoms with E-state index in [4.69, 9.17) is 21.1 Å². The molecule has 0 atom stereocenters. The maximum absolute atomic E-state index is 6.10. The van der Waals surface area contributed by atoms with E-state index in [1.807, 2.05) is 32.0 Å². The average Bonchev–Trinajstić information content (AvgIpc) is 2.28. The van der Waals surface area contributed by atoms with E-state index in [1.54, 1.807) is 13.3 Å². The quantitative estimate of drug-likeness (QED) is 0.834. The Balaban J connectivity index is 2.60. The number of aromatic nitrogens is 1. The van der Waals surface area contributed by atoms with Crippen LogP contribution >= 0.6 is 11.6 Å². The maximum Gasteiger partial charge on any atom is 0.221 e. The van der Waals surface area contributed by atoms with Crippen molar-refractivity contribution in [1.82, 2.24) is 4.98 Å². The minimum absolute atomic E-state index is 0.0778. The van der Waals surface area contributed by atoms with Crippen molar-refractivity contribution >= 4 is 22.4 Å². The molecule has 2 rings (SSSR count). The highest BCUT2D eigenvalue weighted by atomic mass is 35.5. The van der Waals surface area contributed by atoms with Crippen LogP contribution in [0.15, 0.2) is 24.4 Å². The smallest absolute Gasteiger partial charge is 0.221 e. The molecule has 1 aromatic heterocycles. The molecule has 1 heterocycles. The van der Waals surface area contributed by atoms with Crippen molar-refractivity contribution in [1.29, 1.82) is 0 Å². The molecule has 0 amide bonds. The maximum atomic E-state index is 6.10. The van der Waals surface area contributed by atoms with Crippen LogP contribution in [0.1, 0.15) is 13.8 Å². The second-order valence-electron chi connectivity index (χ2n) is 3.99. The van der Waals surface area contributed by atoms with E-state index in [1.165, 1.54) is 0 Å². The lowest BCUT2D eigenvalue weighted by atomic mass is 10.1. The summed E-state index contributed by atoms with van der Waals surface area (Å²) in [5, 5.41) is 2.45. The summed E-state index contributed by atoms with van der Waals surface area (Å²) in [6.45, 7) is 3.93. The topological polar surface area (TPSA) is 31.4 Å². The van der Waals surface area contributed by atoms with Crippen LogP contribution < -0.4 is 9.47 Å². The van der Waals surface area contributed by atoms with Crippen LogP contribution in [0.4, 0.5) is 0 Å². The lowest BCUT2D eigenvalue weighted by Gasteiger charge is -2.12. The third kappa shape index (κ3) is 2.44. The predicted molar refractivity (Wildman–Crippen MR) is 69.1 cm³/mol. The standard InChI is InChI=1S/C13H14ClNO2/c1-8(2)17-13-10-7-11(14)12(16-3)6-9(10)4-5-15-13/h4-8H,1-3H3. The van der Waals surface area contributed by atoms with Crippen molar-refractivity contribution in [3.63, 3.8) is 0 Å². The SMILES string of the molecule is COc1cc2ccnc(OC(C)C)c2cc1Cl. The largest absolute Gasteiger partial charge is 0.495 e. The highest BCUT2D eigenvalue weighted by Gasteiger charge is 2.09. The molecule has 3 nitrogen and oxygen atoms in total. The Hall–Kier alpha value is -1.48. The van der Waals surface area contributed by atoms with Gasteiger partial charge >= 0.3 is 0 Å². The molecule has 0 saturated carbocycles. The van der Waals surface area contributed by atoms with Crippen molar-refractivity contribution in [3.05, 3.63) is 29.4 Å².